The Labute approximate surface area is 107 Å². The molecule has 0 saturated heterocycles. The lowest BCUT2D eigenvalue weighted by atomic mass is 10.1. The van der Waals surface area contributed by atoms with Gasteiger partial charge in [0.1, 0.15) is 5.75 Å². The molecule has 3 heteroatoms. The topological polar surface area (TPSA) is 40.5 Å². The van der Waals surface area contributed by atoms with Gasteiger partial charge in [-0.15, -0.1) is 6.42 Å². The summed E-state index contributed by atoms with van der Waals surface area (Å²) in [6.07, 6.45) is 7.87. The van der Waals surface area contributed by atoms with Crippen LogP contribution in [0.15, 0.2) is 24.3 Å². The Balaban J connectivity index is 2.00. The van der Waals surface area contributed by atoms with Gasteiger partial charge in [0.05, 0.1) is 13.0 Å². The first-order valence-electron chi connectivity index (χ1n) is 6.19. The van der Waals surface area contributed by atoms with Crippen LogP contribution in [0.3, 0.4) is 0 Å². The Morgan fingerprint density at radius 3 is 2.78 bits per heavy atom. The zero-order valence-corrected chi connectivity index (χ0v) is 10.3. The average molecular weight is 243 g/mol. The maximum atomic E-state index is 12.1. The second-order valence-electron chi connectivity index (χ2n) is 4.73. The van der Waals surface area contributed by atoms with E-state index in [0.717, 1.165) is 6.54 Å². The molecule has 0 aromatic heterocycles. The summed E-state index contributed by atoms with van der Waals surface area (Å²) in [4.78, 5) is 13.8. The number of rotatable bonds is 5. The van der Waals surface area contributed by atoms with E-state index in [4.69, 9.17) is 6.42 Å². The van der Waals surface area contributed by atoms with E-state index in [1.54, 1.807) is 23.1 Å². The Morgan fingerprint density at radius 1 is 1.44 bits per heavy atom. The lowest BCUT2D eigenvalue weighted by molar-refractivity contribution is -0.130. The van der Waals surface area contributed by atoms with Crippen molar-refractivity contribution in [1.29, 1.82) is 0 Å². The van der Waals surface area contributed by atoms with Crippen molar-refractivity contribution in [1.82, 2.24) is 4.90 Å². The van der Waals surface area contributed by atoms with Crippen molar-refractivity contribution < 1.29 is 9.90 Å². The average Bonchev–Trinajstić information content (AvgIpc) is 3.15. The molecule has 1 fully saturated rings. The zero-order valence-electron chi connectivity index (χ0n) is 10.3. The summed E-state index contributed by atoms with van der Waals surface area (Å²) >= 11 is 0. The summed E-state index contributed by atoms with van der Waals surface area (Å²) < 4.78 is 0. The SMILES string of the molecule is C#CCN(CC1CC1)C(=O)Cc1ccccc1O. The molecule has 0 radical (unpaired) electrons. The van der Waals surface area contributed by atoms with Crippen LogP contribution in [0.5, 0.6) is 5.75 Å². The summed E-state index contributed by atoms with van der Waals surface area (Å²) in [6.45, 7) is 1.10. The fourth-order valence-electron chi connectivity index (χ4n) is 1.91. The number of hydrogen-bond acceptors (Lipinski definition) is 2. The van der Waals surface area contributed by atoms with Crippen LogP contribution in [0.2, 0.25) is 0 Å². The number of terminal acetylenes is 1. The van der Waals surface area contributed by atoms with E-state index in [9.17, 15) is 9.90 Å². The first kappa shape index (κ1) is 12.5. The number of carbonyl (C=O) groups is 1. The summed E-state index contributed by atoms with van der Waals surface area (Å²) in [7, 11) is 0. The quantitative estimate of drug-likeness (QED) is 0.801. The van der Waals surface area contributed by atoms with E-state index in [1.165, 1.54) is 12.8 Å². The van der Waals surface area contributed by atoms with Crippen molar-refractivity contribution in [3.05, 3.63) is 29.8 Å². The largest absolute Gasteiger partial charge is 0.508 e. The highest BCUT2D eigenvalue weighted by Gasteiger charge is 2.26. The summed E-state index contributed by atoms with van der Waals surface area (Å²) in [5.74, 6) is 3.29. The third-order valence-corrected chi connectivity index (χ3v) is 3.14. The van der Waals surface area contributed by atoms with E-state index >= 15 is 0 Å². The van der Waals surface area contributed by atoms with E-state index in [-0.39, 0.29) is 18.1 Å². The lowest BCUT2D eigenvalue weighted by Crippen LogP contribution is -2.34. The highest BCUT2D eigenvalue weighted by atomic mass is 16.3. The minimum Gasteiger partial charge on any atom is -0.508 e. The predicted molar refractivity (Wildman–Crippen MR) is 69.9 cm³/mol. The second kappa shape index (κ2) is 5.59. The molecule has 0 aliphatic heterocycles. The van der Waals surface area contributed by atoms with Gasteiger partial charge >= 0.3 is 0 Å². The first-order chi connectivity index (χ1) is 8.70. The van der Waals surface area contributed by atoms with Crippen molar-refractivity contribution in [3.8, 4) is 18.1 Å². The predicted octanol–water partition coefficient (Wildman–Crippen LogP) is 1.81. The van der Waals surface area contributed by atoms with Gasteiger partial charge in [-0.2, -0.15) is 0 Å². The third kappa shape index (κ3) is 3.27. The monoisotopic (exact) mass is 243 g/mol. The molecule has 1 aliphatic carbocycles. The van der Waals surface area contributed by atoms with Crippen molar-refractivity contribution in [2.75, 3.05) is 13.1 Å². The van der Waals surface area contributed by atoms with E-state index in [2.05, 4.69) is 5.92 Å². The molecule has 0 atom stereocenters. The normalized spacial score (nSPS) is 13.9. The first-order valence-corrected chi connectivity index (χ1v) is 6.19. The number of phenolic OH excluding ortho intramolecular Hbond substituents is 1. The molecule has 0 heterocycles. The van der Waals surface area contributed by atoms with Gasteiger partial charge in [-0.25, -0.2) is 0 Å². The van der Waals surface area contributed by atoms with Gasteiger partial charge in [0, 0.05) is 12.1 Å². The van der Waals surface area contributed by atoms with Gasteiger partial charge in [-0.3, -0.25) is 4.79 Å². The number of carbonyl (C=O) groups excluding carboxylic acids is 1. The smallest absolute Gasteiger partial charge is 0.227 e. The number of para-hydroxylation sites is 1. The summed E-state index contributed by atoms with van der Waals surface area (Å²) in [5.41, 5.74) is 0.653. The fraction of sp³-hybridized carbons (Fsp3) is 0.400. The van der Waals surface area contributed by atoms with Crippen LogP contribution in [-0.4, -0.2) is 29.0 Å². The van der Waals surface area contributed by atoms with Crippen LogP contribution >= 0.6 is 0 Å². The molecule has 0 unspecified atom stereocenters. The molecule has 1 N–H and O–H groups in total. The highest BCUT2D eigenvalue weighted by Crippen LogP contribution is 2.30. The zero-order chi connectivity index (χ0) is 13.0. The Hall–Kier alpha value is -1.95. The number of hydrogen-bond donors (Lipinski definition) is 1. The van der Waals surface area contributed by atoms with Crippen molar-refractivity contribution in [3.63, 3.8) is 0 Å². The van der Waals surface area contributed by atoms with Crippen LogP contribution in [0.4, 0.5) is 0 Å². The van der Waals surface area contributed by atoms with Crippen molar-refractivity contribution >= 4 is 5.91 Å². The van der Waals surface area contributed by atoms with Gasteiger partial charge < -0.3 is 10.0 Å². The number of amides is 1. The van der Waals surface area contributed by atoms with Crippen molar-refractivity contribution in [2.24, 2.45) is 5.92 Å². The number of phenols is 1. The van der Waals surface area contributed by atoms with E-state index < -0.39 is 0 Å². The molecule has 0 bridgehead atoms. The Bertz CT molecular complexity index is 472. The number of aromatic hydroxyl groups is 1. The molecular formula is C15H17NO2. The minimum atomic E-state index is -0.0126. The van der Waals surface area contributed by atoms with E-state index in [1.807, 2.05) is 6.07 Å². The van der Waals surface area contributed by atoms with Crippen LogP contribution in [0.1, 0.15) is 18.4 Å². The van der Waals surface area contributed by atoms with Gasteiger partial charge in [0.15, 0.2) is 0 Å². The maximum absolute atomic E-state index is 12.1. The van der Waals surface area contributed by atoms with Crippen molar-refractivity contribution in [2.45, 2.75) is 19.3 Å². The molecule has 1 amide bonds. The van der Waals surface area contributed by atoms with Crippen LogP contribution in [0.25, 0.3) is 0 Å². The fourth-order valence-corrected chi connectivity index (χ4v) is 1.91. The van der Waals surface area contributed by atoms with Gasteiger partial charge in [0.25, 0.3) is 0 Å². The van der Waals surface area contributed by atoms with Gasteiger partial charge in [-0.1, -0.05) is 24.1 Å². The molecule has 0 spiro atoms. The standard InChI is InChI=1S/C15H17NO2/c1-2-9-16(11-12-7-8-12)15(18)10-13-5-3-4-6-14(13)17/h1,3-6,12,17H,7-11H2. The molecule has 1 saturated carbocycles. The molecular weight excluding hydrogens is 226 g/mol. The summed E-state index contributed by atoms with van der Waals surface area (Å²) in [5, 5.41) is 9.65. The lowest BCUT2D eigenvalue weighted by Gasteiger charge is -2.20. The number of nitrogens with zero attached hydrogens (tertiary/aromatic N) is 1. The highest BCUT2D eigenvalue weighted by molar-refractivity contribution is 5.79. The third-order valence-electron chi connectivity index (χ3n) is 3.14. The molecule has 1 aromatic rings. The molecule has 1 aromatic carbocycles. The molecule has 1 aliphatic rings. The van der Waals surface area contributed by atoms with Crippen LogP contribution < -0.4 is 0 Å². The summed E-state index contributed by atoms with van der Waals surface area (Å²) in [6, 6.07) is 6.91. The molecule has 3 nitrogen and oxygen atoms in total. The minimum absolute atomic E-state index is 0.0126. The maximum Gasteiger partial charge on any atom is 0.227 e. The van der Waals surface area contributed by atoms with Crippen LogP contribution in [-0.2, 0) is 11.2 Å². The Morgan fingerprint density at radius 2 is 2.17 bits per heavy atom. The number of benzene rings is 1. The molecule has 2 rings (SSSR count). The van der Waals surface area contributed by atoms with Gasteiger partial charge in [-0.05, 0) is 24.8 Å². The molecule has 94 valence electrons. The second-order valence-corrected chi connectivity index (χ2v) is 4.73. The van der Waals surface area contributed by atoms with Gasteiger partial charge in [0.2, 0.25) is 5.91 Å². The Kier molecular flexibility index (Phi) is 3.88. The molecule has 18 heavy (non-hydrogen) atoms. The van der Waals surface area contributed by atoms with Crippen LogP contribution in [0, 0.1) is 18.3 Å². The van der Waals surface area contributed by atoms with E-state index in [0.29, 0.717) is 18.0 Å².